The van der Waals surface area contributed by atoms with E-state index in [1.165, 1.54) is 0 Å². The van der Waals surface area contributed by atoms with Gasteiger partial charge in [-0.25, -0.2) is 0 Å². The van der Waals surface area contributed by atoms with Gasteiger partial charge < -0.3 is 10.2 Å². The molecular weight excluding hydrogens is 192 g/mol. The molecule has 0 radical (unpaired) electrons. The molecule has 0 saturated carbocycles. The highest BCUT2D eigenvalue weighted by atomic mass is 16.4. The quantitative estimate of drug-likeness (QED) is 0.687. The van der Waals surface area contributed by atoms with Crippen LogP contribution in [0.5, 0.6) is 0 Å². The van der Waals surface area contributed by atoms with Crippen LogP contribution in [-0.2, 0) is 4.79 Å². The number of hydrogen-bond donors (Lipinski definition) is 2. The minimum atomic E-state index is -0.862. The van der Waals surface area contributed by atoms with E-state index in [0.717, 1.165) is 25.7 Å². The molecule has 3 atom stereocenters. The molecule has 3 unspecified atom stereocenters. The first-order valence-corrected chi connectivity index (χ1v) is 5.72. The van der Waals surface area contributed by atoms with Crippen molar-refractivity contribution >= 4 is 5.97 Å². The highest BCUT2D eigenvalue weighted by Gasteiger charge is 2.31. The second-order valence-corrected chi connectivity index (χ2v) is 4.27. The first-order chi connectivity index (χ1) is 7.16. The number of rotatable bonds is 5. The Hall–Kier alpha value is -0.830. The maximum atomic E-state index is 11.0. The lowest BCUT2D eigenvalue weighted by atomic mass is 9.81. The van der Waals surface area contributed by atoms with E-state index in [1.54, 1.807) is 0 Å². The molecule has 0 aromatic carbocycles. The Kier molecular flexibility index (Phi) is 4.82. The molecule has 15 heavy (non-hydrogen) atoms. The van der Waals surface area contributed by atoms with E-state index in [9.17, 15) is 9.90 Å². The summed E-state index contributed by atoms with van der Waals surface area (Å²) in [6.45, 7) is 1.95. The standard InChI is InChI=1S/C12H20O3/c1-2-6-10(12(14)15)11(13)9-7-4-3-5-8-9/h3-4,9-11,13H,2,5-8H2,1H3,(H,14,15). The molecule has 1 aliphatic carbocycles. The smallest absolute Gasteiger partial charge is 0.309 e. The summed E-state index contributed by atoms with van der Waals surface area (Å²) in [5, 5.41) is 19.0. The van der Waals surface area contributed by atoms with Crippen molar-refractivity contribution in [3.05, 3.63) is 12.2 Å². The molecule has 86 valence electrons. The van der Waals surface area contributed by atoms with Gasteiger partial charge >= 0.3 is 5.97 Å². The predicted octanol–water partition coefficient (Wildman–Crippen LogP) is 2.20. The first kappa shape index (κ1) is 12.2. The maximum absolute atomic E-state index is 11.0. The molecule has 0 fully saturated rings. The third-order valence-corrected chi connectivity index (χ3v) is 3.12. The van der Waals surface area contributed by atoms with Crippen LogP contribution in [0.2, 0.25) is 0 Å². The summed E-state index contributed by atoms with van der Waals surface area (Å²) in [5.74, 6) is -1.33. The zero-order valence-corrected chi connectivity index (χ0v) is 9.22. The first-order valence-electron chi connectivity index (χ1n) is 5.72. The van der Waals surface area contributed by atoms with Crippen LogP contribution < -0.4 is 0 Å². The lowest BCUT2D eigenvalue weighted by Gasteiger charge is -2.28. The molecule has 1 aliphatic rings. The monoisotopic (exact) mass is 212 g/mol. The van der Waals surface area contributed by atoms with Crippen LogP contribution in [0, 0.1) is 11.8 Å². The van der Waals surface area contributed by atoms with E-state index in [2.05, 4.69) is 6.08 Å². The molecule has 3 nitrogen and oxygen atoms in total. The van der Waals surface area contributed by atoms with E-state index in [4.69, 9.17) is 5.11 Å². The van der Waals surface area contributed by atoms with Gasteiger partial charge in [-0.3, -0.25) is 4.79 Å². The lowest BCUT2D eigenvalue weighted by molar-refractivity contribution is -0.147. The molecule has 3 heteroatoms. The third kappa shape index (κ3) is 3.34. The Morgan fingerprint density at radius 1 is 1.53 bits per heavy atom. The number of allylic oxidation sites excluding steroid dienone is 2. The number of carboxylic acid groups (broad SMARTS) is 1. The summed E-state index contributed by atoms with van der Waals surface area (Å²) in [4.78, 5) is 11.0. The number of aliphatic hydroxyl groups is 1. The van der Waals surface area contributed by atoms with Crippen molar-refractivity contribution in [1.29, 1.82) is 0 Å². The second-order valence-electron chi connectivity index (χ2n) is 4.27. The Labute approximate surface area is 90.8 Å². The predicted molar refractivity (Wildman–Crippen MR) is 58.5 cm³/mol. The van der Waals surface area contributed by atoms with E-state index in [-0.39, 0.29) is 5.92 Å². The summed E-state index contributed by atoms with van der Waals surface area (Å²) >= 11 is 0. The van der Waals surface area contributed by atoms with Crippen LogP contribution in [0.15, 0.2) is 12.2 Å². The van der Waals surface area contributed by atoms with Crippen molar-refractivity contribution < 1.29 is 15.0 Å². The van der Waals surface area contributed by atoms with Gasteiger partial charge in [0.05, 0.1) is 12.0 Å². The number of aliphatic hydroxyl groups excluding tert-OH is 1. The fourth-order valence-electron chi connectivity index (χ4n) is 2.21. The van der Waals surface area contributed by atoms with Gasteiger partial charge in [-0.15, -0.1) is 0 Å². The molecule has 0 heterocycles. The van der Waals surface area contributed by atoms with Crippen LogP contribution >= 0.6 is 0 Å². The lowest BCUT2D eigenvalue weighted by Crippen LogP contribution is -2.34. The van der Waals surface area contributed by atoms with Crippen molar-refractivity contribution in [2.75, 3.05) is 0 Å². The van der Waals surface area contributed by atoms with Gasteiger partial charge in [0, 0.05) is 0 Å². The van der Waals surface area contributed by atoms with Gasteiger partial charge in [-0.05, 0) is 31.6 Å². The summed E-state index contributed by atoms with van der Waals surface area (Å²) in [6.07, 6.45) is 7.50. The van der Waals surface area contributed by atoms with Crippen LogP contribution in [-0.4, -0.2) is 22.3 Å². The highest BCUT2D eigenvalue weighted by Crippen LogP contribution is 2.28. The molecule has 0 aromatic rings. The largest absolute Gasteiger partial charge is 0.481 e. The summed E-state index contributed by atoms with van der Waals surface area (Å²) in [6, 6.07) is 0. The van der Waals surface area contributed by atoms with Crippen molar-refractivity contribution in [3.8, 4) is 0 Å². The molecule has 0 saturated heterocycles. The Morgan fingerprint density at radius 2 is 2.27 bits per heavy atom. The van der Waals surface area contributed by atoms with E-state index >= 15 is 0 Å². The number of hydrogen-bond acceptors (Lipinski definition) is 2. The van der Waals surface area contributed by atoms with E-state index < -0.39 is 18.0 Å². The van der Waals surface area contributed by atoms with E-state index in [1.807, 2.05) is 13.0 Å². The number of carboxylic acids is 1. The zero-order valence-electron chi connectivity index (χ0n) is 9.22. The van der Waals surface area contributed by atoms with Crippen LogP contribution in [0.1, 0.15) is 39.0 Å². The minimum absolute atomic E-state index is 0.127. The summed E-state index contributed by atoms with van der Waals surface area (Å²) in [7, 11) is 0. The average Bonchev–Trinajstić information content (AvgIpc) is 2.26. The Morgan fingerprint density at radius 3 is 2.73 bits per heavy atom. The Bertz CT molecular complexity index is 235. The topological polar surface area (TPSA) is 57.5 Å². The normalized spacial score (nSPS) is 24.8. The molecule has 1 rings (SSSR count). The summed E-state index contributed by atoms with van der Waals surface area (Å²) in [5.41, 5.74) is 0. The van der Waals surface area contributed by atoms with Gasteiger partial charge in [0.1, 0.15) is 0 Å². The van der Waals surface area contributed by atoms with Crippen LogP contribution in [0.3, 0.4) is 0 Å². The second kappa shape index (κ2) is 5.91. The van der Waals surface area contributed by atoms with Crippen molar-refractivity contribution in [3.63, 3.8) is 0 Å². The average molecular weight is 212 g/mol. The minimum Gasteiger partial charge on any atom is -0.481 e. The summed E-state index contributed by atoms with van der Waals surface area (Å²) < 4.78 is 0. The van der Waals surface area contributed by atoms with Crippen molar-refractivity contribution in [2.45, 2.75) is 45.1 Å². The van der Waals surface area contributed by atoms with Crippen LogP contribution in [0.4, 0.5) is 0 Å². The van der Waals surface area contributed by atoms with Gasteiger partial charge in [-0.2, -0.15) is 0 Å². The number of aliphatic carboxylic acids is 1. The zero-order chi connectivity index (χ0) is 11.3. The molecular formula is C12H20O3. The van der Waals surface area contributed by atoms with Gasteiger partial charge in [0.2, 0.25) is 0 Å². The van der Waals surface area contributed by atoms with Gasteiger partial charge in [-0.1, -0.05) is 25.5 Å². The number of carbonyl (C=O) groups is 1. The molecule has 2 N–H and O–H groups in total. The SMILES string of the molecule is CCCC(C(=O)O)C(O)C1CC=CCC1. The fourth-order valence-corrected chi connectivity index (χ4v) is 2.21. The molecule has 0 amide bonds. The van der Waals surface area contributed by atoms with Gasteiger partial charge in [0.25, 0.3) is 0 Å². The third-order valence-electron chi connectivity index (χ3n) is 3.12. The highest BCUT2D eigenvalue weighted by molar-refractivity contribution is 5.70. The fraction of sp³-hybridized carbons (Fsp3) is 0.750. The van der Waals surface area contributed by atoms with E-state index in [0.29, 0.717) is 6.42 Å². The van der Waals surface area contributed by atoms with Crippen molar-refractivity contribution in [2.24, 2.45) is 11.8 Å². The Balaban J connectivity index is 2.57. The van der Waals surface area contributed by atoms with Crippen molar-refractivity contribution in [1.82, 2.24) is 0 Å². The molecule has 0 bridgehead atoms. The maximum Gasteiger partial charge on any atom is 0.309 e. The molecule has 0 aromatic heterocycles. The van der Waals surface area contributed by atoms with Crippen LogP contribution in [0.25, 0.3) is 0 Å². The molecule has 0 spiro atoms. The molecule has 0 aliphatic heterocycles. The van der Waals surface area contributed by atoms with Gasteiger partial charge in [0.15, 0.2) is 0 Å².